The van der Waals surface area contributed by atoms with E-state index in [0.29, 0.717) is 46.9 Å². The van der Waals surface area contributed by atoms with Gasteiger partial charge in [-0.05, 0) is 29.8 Å². The first-order chi connectivity index (χ1) is 16.0. The molecule has 0 fully saturated rings. The van der Waals surface area contributed by atoms with E-state index in [-0.39, 0.29) is 24.8 Å². The minimum absolute atomic E-state index is 0.0869. The van der Waals surface area contributed by atoms with E-state index >= 15 is 0 Å². The van der Waals surface area contributed by atoms with Crippen molar-refractivity contribution >= 4 is 34.9 Å². The number of anilines is 2. The van der Waals surface area contributed by atoms with Crippen molar-refractivity contribution in [3.63, 3.8) is 0 Å². The van der Waals surface area contributed by atoms with Gasteiger partial charge in [0.25, 0.3) is 5.91 Å². The van der Waals surface area contributed by atoms with Gasteiger partial charge >= 0.3 is 0 Å². The van der Waals surface area contributed by atoms with Gasteiger partial charge in [-0.3, -0.25) is 9.59 Å². The standard InChI is InChI=1S/C23H21ClN4O5/c1-31-12-16-21(13-3-2-4-14(24)9-13)22-26-23(30)17(28(22)27-16)11-20(29)25-15-5-6-18-19(10-15)33-8-7-32-18/h2-6,9-10,17H,7-8,11-12H2,1H3,(H,25,29)(H,26,30). The highest BCUT2D eigenvalue weighted by Crippen LogP contribution is 2.39. The first kappa shape index (κ1) is 21.3. The number of hydrogen-bond acceptors (Lipinski definition) is 6. The van der Waals surface area contributed by atoms with Crippen LogP contribution in [0.25, 0.3) is 11.1 Å². The van der Waals surface area contributed by atoms with Crippen LogP contribution < -0.4 is 20.1 Å². The zero-order valence-corrected chi connectivity index (χ0v) is 18.5. The highest BCUT2D eigenvalue weighted by atomic mass is 35.5. The van der Waals surface area contributed by atoms with Crippen molar-refractivity contribution in [3.8, 4) is 22.6 Å². The minimum Gasteiger partial charge on any atom is -0.486 e. The van der Waals surface area contributed by atoms with Crippen molar-refractivity contribution in [1.29, 1.82) is 0 Å². The molecule has 2 aliphatic heterocycles. The molecule has 0 saturated heterocycles. The molecule has 3 aromatic rings. The fourth-order valence-corrected chi connectivity index (χ4v) is 4.20. The maximum Gasteiger partial charge on any atom is 0.251 e. The number of carbonyl (C=O) groups excluding carboxylic acids is 2. The second-order valence-corrected chi connectivity index (χ2v) is 8.11. The molecule has 2 amide bonds. The maximum atomic E-state index is 12.8. The van der Waals surface area contributed by atoms with Crippen molar-refractivity contribution in [2.75, 3.05) is 31.0 Å². The Kier molecular flexibility index (Phi) is 5.65. The lowest BCUT2D eigenvalue weighted by Crippen LogP contribution is -2.24. The van der Waals surface area contributed by atoms with E-state index in [1.165, 1.54) is 0 Å². The van der Waals surface area contributed by atoms with Gasteiger partial charge in [0.15, 0.2) is 11.5 Å². The zero-order chi connectivity index (χ0) is 22.9. The van der Waals surface area contributed by atoms with E-state index in [9.17, 15) is 9.59 Å². The highest BCUT2D eigenvalue weighted by molar-refractivity contribution is 6.30. The molecular weight excluding hydrogens is 448 g/mol. The average Bonchev–Trinajstić information content (AvgIpc) is 3.28. The number of amides is 2. The molecule has 2 N–H and O–H groups in total. The molecule has 1 aromatic heterocycles. The van der Waals surface area contributed by atoms with Crippen LogP contribution in [-0.2, 0) is 20.9 Å². The molecule has 3 heterocycles. The summed E-state index contributed by atoms with van der Waals surface area (Å²) >= 11 is 6.17. The predicted molar refractivity (Wildman–Crippen MR) is 122 cm³/mol. The Balaban J connectivity index is 1.39. The molecule has 10 heteroatoms. The van der Waals surface area contributed by atoms with Crippen molar-refractivity contribution < 1.29 is 23.8 Å². The summed E-state index contributed by atoms with van der Waals surface area (Å²) in [7, 11) is 1.57. The number of nitrogens with zero attached hydrogens (tertiary/aromatic N) is 2. The number of benzene rings is 2. The normalized spacial score (nSPS) is 16.3. The van der Waals surface area contributed by atoms with Crippen LogP contribution in [0, 0.1) is 0 Å². The van der Waals surface area contributed by atoms with Gasteiger partial charge in [-0.15, -0.1) is 0 Å². The predicted octanol–water partition coefficient (Wildman–Crippen LogP) is 3.64. The number of ether oxygens (including phenoxy) is 3. The molecule has 0 aliphatic carbocycles. The minimum atomic E-state index is -0.791. The van der Waals surface area contributed by atoms with E-state index in [1.54, 1.807) is 42.1 Å². The fourth-order valence-electron chi connectivity index (χ4n) is 4.01. The number of rotatable bonds is 6. The van der Waals surface area contributed by atoms with E-state index in [2.05, 4.69) is 15.7 Å². The third-order valence-electron chi connectivity index (χ3n) is 5.42. The van der Waals surface area contributed by atoms with Crippen molar-refractivity contribution in [3.05, 3.63) is 53.2 Å². The van der Waals surface area contributed by atoms with Crippen LogP contribution in [0.3, 0.4) is 0 Å². The SMILES string of the molecule is COCc1nn2c(c1-c1cccc(Cl)c1)NC(=O)C2CC(=O)Nc1ccc2c(c1)OCCO2. The maximum absolute atomic E-state index is 12.8. The lowest BCUT2D eigenvalue weighted by Gasteiger charge is -2.19. The molecule has 0 radical (unpaired) electrons. The molecule has 0 saturated carbocycles. The number of aromatic nitrogens is 2. The summed E-state index contributed by atoms with van der Waals surface area (Å²) in [5.41, 5.74) is 2.73. The van der Waals surface area contributed by atoms with Gasteiger partial charge in [-0.25, -0.2) is 4.68 Å². The highest BCUT2D eigenvalue weighted by Gasteiger charge is 2.37. The molecule has 0 bridgehead atoms. The van der Waals surface area contributed by atoms with Crippen LogP contribution >= 0.6 is 11.6 Å². The van der Waals surface area contributed by atoms with E-state index in [1.807, 2.05) is 12.1 Å². The third-order valence-corrected chi connectivity index (χ3v) is 5.66. The Hall–Kier alpha value is -3.56. The molecule has 1 unspecified atom stereocenters. The van der Waals surface area contributed by atoms with Gasteiger partial charge in [-0.1, -0.05) is 23.7 Å². The van der Waals surface area contributed by atoms with Crippen LogP contribution in [0.5, 0.6) is 11.5 Å². The second kappa shape index (κ2) is 8.76. The zero-order valence-electron chi connectivity index (χ0n) is 17.8. The smallest absolute Gasteiger partial charge is 0.251 e. The van der Waals surface area contributed by atoms with Crippen molar-refractivity contribution in [2.24, 2.45) is 0 Å². The summed E-state index contributed by atoms with van der Waals surface area (Å²) in [5.74, 6) is 1.10. The molecule has 2 aliphatic rings. The van der Waals surface area contributed by atoms with Gasteiger partial charge < -0.3 is 24.8 Å². The number of methoxy groups -OCH3 is 1. The van der Waals surface area contributed by atoms with Gasteiger partial charge in [0.05, 0.1) is 18.7 Å². The largest absolute Gasteiger partial charge is 0.486 e. The number of fused-ring (bicyclic) bond motifs is 2. The fraction of sp³-hybridized carbons (Fsp3) is 0.261. The molecule has 0 spiro atoms. The van der Waals surface area contributed by atoms with E-state index in [0.717, 1.165) is 11.1 Å². The van der Waals surface area contributed by atoms with E-state index < -0.39 is 6.04 Å². The number of hydrogen-bond donors (Lipinski definition) is 2. The molecule has 9 nitrogen and oxygen atoms in total. The van der Waals surface area contributed by atoms with E-state index in [4.69, 9.17) is 25.8 Å². The average molecular weight is 469 g/mol. The Morgan fingerprint density at radius 2 is 2.06 bits per heavy atom. The van der Waals surface area contributed by atoms with Crippen LogP contribution in [0.1, 0.15) is 18.2 Å². The third kappa shape index (κ3) is 4.12. The quantitative estimate of drug-likeness (QED) is 0.572. The van der Waals surface area contributed by atoms with Crippen molar-refractivity contribution in [2.45, 2.75) is 19.1 Å². The van der Waals surface area contributed by atoms with Gasteiger partial charge in [0.1, 0.15) is 25.1 Å². The summed E-state index contributed by atoms with van der Waals surface area (Å²) in [4.78, 5) is 25.5. The Morgan fingerprint density at radius 1 is 1.24 bits per heavy atom. The Bertz CT molecular complexity index is 1240. The topological polar surface area (TPSA) is 104 Å². The second-order valence-electron chi connectivity index (χ2n) is 7.67. The molecule has 2 aromatic carbocycles. The molecule has 5 rings (SSSR count). The number of halogens is 1. The summed E-state index contributed by atoms with van der Waals surface area (Å²) in [5, 5.41) is 10.8. The van der Waals surface area contributed by atoms with Crippen LogP contribution in [0.15, 0.2) is 42.5 Å². The molecule has 1 atom stereocenters. The lowest BCUT2D eigenvalue weighted by atomic mass is 10.1. The van der Waals surface area contributed by atoms with Gasteiger partial charge in [0, 0.05) is 29.4 Å². The number of carbonyl (C=O) groups is 2. The Morgan fingerprint density at radius 3 is 2.85 bits per heavy atom. The van der Waals surface area contributed by atoms with Crippen LogP contribution in [0.2, 0.25) is 5.02 Å². The molecule has 33 heavy (non-hydrogen) atoms. The van der Waals surface area contributed by atoms with Crippen molar-refractivity contribution in [1.82, 2.24) is 9.78 Å². The first-order valence-electron chi connectivity index (χ1n) is 10.4. The molecular formula is C23H21ClN4O5. The van der Waals surface area contributed by atoms with Crippen LogP contribution in [0.4, 0.5) is 11.5 Å². The monoisotopic (exact) mass is 468 g/mol. The summed E-state index contributed by atoms with van der Waals surface area (Å²) in [6.07, 6.45) is -0.0869. The first-order valence-corrected chi connectivity index (χ1v) is 10.8. The van der Waals surface area contributed by atoms with Gasteiger partial charge in [0.2, 0.25) is 5.91 Å². The number of nitrogens with one attached hydrogen (secondary N) is 2. The molecule has 170 valence electrons. The summed E-state index contributed by atoms with van der Waals surface area (Å²) in [6, 6.07) is 11.7. The Labute approximate surface area is 194 Å². The summed E-state index contributed by atoms with van der Waals surface area (Å²) in [6.45, 7) is 1.19. The van der Waals surface area contributed by atoms with Gasteiger partial charge in [-0.2, -0.15) is 5.10 Å². The summed E-state index contributed by atoms with van der Waals surface area (Å²) < 4.78 is 17.9. The van der Waals surface area contributed by atoms with Crippen LogP contribution in [-0.4, -0.2) is 41.9 Å². The lowest BCUT2D eigenvalue weighted by molar-refractivity contribution is -0.123.